The van der Waals surface area contributed by atoms with E-state index in [2.05, 4.69) is 18.7 Å². The molecule has 0 saturated heterocycles. The molecule has 0 radical (unpaired) electrons. The van der Waals surface area contributed by atoms with Crippen LogP contribution in [0.5, 0.6) is 0 Å². The number of ether oxygens (including phenoxy) is 1. The van der Waals surface area contributed by atoms with Crippen molar-refractivity contribution in [1.29, 1.82) is 0 Å². The van der Waals surface area contributed by atoms with Gasteiger partial charge in [-0.3, -0.25) is 0 Å². The van der Waals surface area contributed by atoms with Gasteiger partial charge in [-0.25, -0.2) is 0 Å². The second-order valence-electron chi connectivity index (χ2n) is 3.96. The zero-order valence-corrected chi connectivity index (χ0v) is 10.5. The van der Waals surface area contributed by atoms with Gasteiger partial charge in [0.1, 0.15) is 12.4 Å². The summed E-state index contributed by atoms with van der Waals surface area (Å²) in [5.41, 5.74) is 7.52. The van der Waals surface area contributed by atoms with E-state index in [-0.39, 0.29) is 0 Å². The van der Waals surface area contributed by atoms with E-state index < -0.39 is 0 Å². The van der Waals surface area contributed by atoms with Crippen LogP contribution in [-0.2, 0) is 4.74 Å². The minimum atomic E-state index is 0.476. The van der Waals surface area contributed by atoms with E-state index >= 15 is 0 Å². The standard InChI is InChI=1S/C15H21NO/c1-3-7-14(10-13(2)11-16)12-17-15-8-5-4-6-9-15/h3,5,7-10H,2,4,6,11-12,16H2,1H3/b7-3-,14-10+. The van der Waals surface area contributed by atoms with Crippen LogP contribution in [0.25, 0.3) is 0 Å². The van der Waals surface area contributed by atoms with Crippen molar-refractivity contribution in [1.82, 2.24) is 0 Å². The van der Waals surface area contributed by atoms with Crippen LogP contribution in [0.4, 0.5) is 0 Å². The lowest BCUT2D eigenvalue weighted by Crippen LogP contribution is -2.02. The Morgan fingerprint density at radius 1 is 1.53 bits per heavy atom. The Bertz CT molecular complexity index is 372. The maximum absolute atomic E-state index is 5.72. The van der Waals surface area contributed by atoms with Crippen molar-refractivity contribution in [3.05, 3.63) is 59.9 Å². The van der Waals surface area contributed by atoms with E-state index in [4.69, 9.17) is 10.5 Å². The third-order valence-corrected chi connectivity index (χ3v) is 2.40. The summed E-state index contributed by atoms with van der Waals surface area (Å²) in [6.45, 7) is 6.89. The maximum atomic E-state index is 5.72. The quantitative estimate of drug-likeness (QED) is 0.712. The molecule has 17 heavy (non-hydrogen) atoms. The summed E-state index contributed by atoms with van der Waals surface area (Å²) in [5, 5.41) is 0. The van der Waals surface area contributed by atoms with Gasteiger partial charge in [-0.2, -0.15) is 0 Å². The molecule has 92 valence electrons. The molecule has 0 amide bonds. The van der Waals surface area contributed by atoms with Crippen LogP contribution in [-0.4, -0.2) is 13.2 Å². The maximum Gasteiger partial charge on any atom is 0.115 e. The van der Waals surface area contributed by atoms with Crippen molar-refractivity contribution in [2.24, 2.45) is 5.73 Å². The Balaban J connectivity index is 2.55. The summed E-state index contributed by atoms with van der Waals surface area (Å²) in [7, 11) is 0. The van der Waals surface area contributed by atoms with Gasteiger partial charge in [0.25, 0.3) is 0 Å². The first-order valence-corrected chi connectivity index (χ1v) is 5.97. The molecule has 0 spiro atoms. The Morgan fingerprint density at radius 2 is 2.35 bits per heavy atom. The Kier molecular flexibility index (Phi) is 6.12. The average Bonchev–Trinajstić information content (AvgIpc) is 2.37. The zero-order valence-electron chi connectivity index (χ0n) is 10.5. The summed E-state index contributed by atoms with van der Waals surface area (Å²) in [6.07, 6.45) is 14.4. The highest BCUT2D eigenvalue weighted by atomic mass is 16.5. The van der Waals surface area contributed by atoms with Crippen LogP contribution in [0, 0.1) is 0 Å². The number of allylic oxidation sites excluding steroid dienone is 4. The largest absolute Gasteiger partial charge is 0.489 e. The van der Waals surface area contributed by atoms with E-state index in [1.807, 2.05) is 31.2 Å². The van der Waals surface area contributed by atoms with Gasteiger partial charge >= 0.3 is 0 Å². The van der Waals surface area contributed by atoms with Crippen molar-refractivity contribution in [3.8, 4) is 0 Å². The molecule has 1 aliphatic rings. The van der Waals surface area contributed by atoms with Crippen LogP contribution in [0.3, 0.4) is 0 Å². The van der Waals surface area contributed by atoms with Gasteiger partial charge < -0.3 is 10.5 Å². The normalized spacial score (nSPS) is 16.1. The topological polar surface area (TPSA) is 35.2 Å². The number of hydrogen-bond acceptors (Lipinski definition) is 2. The molecule has 0 bridgehead atoms. The second-order valence-corrected chi connectivity index (χ2v) is 3.96. The fraction of sp³-hybridized carbons (Fsp3) is 0.333. The molecule has 0 saturated carbocycles. The van der Waals surface area contributed by atoms with E-state index in [9.17, 15) is 0 Å². The molecule has 0 aromatic carbocycles. The SMILES string of the molecule is C=C(/C=C(\C=C/C)COC1=CCCC=C1)CN. The van der Waals surface area contributed by atoms with E-state index in [0.717, 1.165) is 29.7 Å². The van der Waals surface area contributed by atoms with Crippen LogP contribution in [0.15, 0.2) is 59.9 Å². The fourth-order valence-electron chi connectivity index (χ4n) is 1.54. The minimum absolute atomic E-state index is 0.476. The van der Waals surface area contributed by atoms with E-state index in [1.165, 1.54) is 0 Å². The summed E-state index contributed by atoms with van der Waals surface area (Å²) in [5.74, 6) is 0.949. The Hall–Kier alpha value is -1.54. The summed E-state index contributed by atoms with van der Waals surface area (Å²) < 4.78 is 5.72. The summed E-state index contributed by atoms with van der Waals surface area (Å²) >= 11 is 0. The van der Waals surface area contributed by atoms with Gasteiger partial charge in [0.05, 0.1) is 0 Å². The van der Waals surface area contributed by atoms with Crippen LogP contribution in [0.2, 0.25) is 0 Å². The molecule has 0 aliphatic heterocycles. The van der Waals surface area contributed by atoms with Crippen molar-refractivity contribution in [2.45, 2.75) is 19.8 Å². The predicted octanol–water partition coefficient (Wildman–Crippen LogP) is 3.25. The molecule has 0 heterocycles. The van der Waals surface area contributed by atoms with Crippen molar-refractivity contribution in [2.75, 3.05) is 13.2 Å². The van der Waals surface area contributed by atoms with Crippen molar-refractivity contribution < 1.29 is 4.74 Å². The lowest BCUT2D eigenvalue weighted by atomic mass is 10.1. The number of nitrogens with two attached hydrogens (primary N) is 1. The summed E-state index contributed by atoms with van der Waals surface area (Å²) in [6, 6.07) is 0. The van der Waals surface area contributed by atoms with Crippen LogP contribution < -0.4 is 5.73 Å². The molecule has 0 atom stereocenters. The third kappa shape index (κ3) is 5.36. The molecule has 0 aromatic heterocycles. The smallest absolute Gasteiger partial charge is 0.115 e. The predicted molar refractivity (Wildman–Crippen MR) is 73.5 cm³/mol. The molecule has 0 unspecified atom stereocenters. The first kappa shape index (κ1) is 13.5. The highest BCUT2D eigenvalue weighted by molar-refractivity contribution is 5.30. The monoisotopic (exact) mass is 231 g/mol. The lowest BCUT2D eigenvalue weighted by Gasteiger charge is -2.10. The molecular weight excluding hydrogens is 210 g/mol. The first-order chi connectivity index (χ1) is 8.26. The van der Waals surface area contributed by atoms with Gasteiger partial charge in [-0.05, 0) is 43.1 Å². The van der Waals surface area contributed by atoms with Gasteiger partial charge in [0, 0.05) is 6.54 Å². The lowest BCUT2D eigenvalue weighted by molar-refractivity contribution is 0.253. The molecule has 2 heteroatoms. The minimum Gasteiger partial charge on any atom is -0.489 e. The van der Waals surface area contributed by atoms with Gasteiger partial charge in [-0.1, -0.05) is 30.9 Å². The second kappa shape index (κ2) is 7.69. The van der Waals surface area contributed by atoms with Gasteiger partial charge in [-0.15, -0.1) is 0 Å². The van der Waals surface area contributed by atoms with Crippen LogP contribution >= 0.6 is 0 Å². The number of hydrogen-bond donors (Lipinski definition) is 1. The molecule has 0 aromatic rings. The number of rotatable bonds is 6. The van der Waals surface area contributed by atoms with Gasteiger partial charge in [0.15, 0.2) is 0 Å². The Morgan fingerprint density at radius 3 is 2.94 bits per heavy atom. The molecule has 1 aliphatic carbocycles. The van der Waals surface area contributed by atoms with E-state index in [1.54, 1.807) is 0 Å². The van der Waals surface area contributed by atoms with E-state index in [0.29, 0.717) is 13.2 Å². The van der Waals surface area contributed by atoms with Gasteiger partial charge in [0.2, 0.25) is 0 Å². The average molecular weight is 231 g/mol. The highest BCUT2D eigenvalue weighted by Crippen LogP contribution is 2.13. The highest BCUT2D eigenvalue weighted by Gasteiger charge is 2.00. The summed E-state index contributed by atoms with van der Waals surface area (Å²) in [4.78, 5) is 0. The fourth-order valence-corrected chi connectivity index (χ4v) is 1.54. The molecule has 2 N–H and O–H groups in total. The van der Waals surface area contributed by atoms with Crippen molar-refractivity contribution in [3.63, 3.8) is 0 Å². The molecular formula is C15H21NO. The Labute approximate surface area is 104 Å². The van der Waals surface area contributed by atoms with Crippen LogP contribution in [0.1, 0.15) is 19.8 Å². The third-order valence-electron chi connectivity index (χ3n) is 2.40. The first-order valence-electron chi connectivity index (χ1n) is 5.97. The molecule has 0 fully saturated rings. The molecule has 1 rings (SSSR count). The molecule has 2 nitrogen and oxygen atoms in total. The zero-order chi connectivity index (χ0) is 12.5. The van der Waals surface area contributed by atoms with Crippen molar-refractivity contribution >= 4 is 0 Å².